The summed E-state index contributed by atoms with van der Waals surface area (Å²) < 4.78 is 0. The molecule has 1 aromatic rings. The molecule has 6 heteroatoms. The van der Waals surface area contributed by atoms with Gasteiger partial charge in [0.15, 0.2) is 0 Å². The summed E-state index contributed by atoms with van der Waals surface area (Å²) in [5.74, 6) is 0.606. The van der Waals surface area contributed by atoms with Crippen LogP contribution in [0.4, 0.5) is 4.79 Å². The number of carbonyl (C=O) groups excluding carboxylic acids is 2. The van der Waals surface area contributed by atoms with Gasteiger partial charge in [-0.1, -0.05) is 19.3 Å². The molecule has 0 bridgehead atoms. The lowest BCUT2D eigenvalue weighted by Crippen LogP contribution is -2.45. The molecule has 0 aromatic carbocycles. The van der Waals surface area contributed by atoms with Crippen molar-refractivity contribution in [3.63, 3.8) is 0 Å². The minimum absolute atomic E-state index is 0.0144. The van der Waals surface area contributed by atoms with Crippen molar-refractivity contribution in [3.05, 3.63) is 29.6 Å². The molecule has 2 fully saturated rings. The molecule has 2 aliphatic rings. The summed E-state index contributed by atoms with van der Waals surface area (Å²) >= 11 is 0. The van der Waals surface area contributed by atoms with Gasteiger partial charge < -0.3 is 15.5 Å². The van der Waals surface area contributed by atoms with E-state index in [-0.39, 0.29) is 18.0 Å². The Balaban J connectivity index is 1.42. The Morgan fingerprint density at radius 3 is 2.72 bits per heavy atom. The van der Waals surface area contributed by atoms with E-state index in [0.29, 0.717) is 24.6 Å². The van der Waals surface area contributed by atoms with E-state index in [1.54, 1.807) is 11.1 Å². The predicted octanol–water partition coefficient (Wildman–Crippen LogP) is 2.48. The van der Waals surface area contributed by atoms with E-state index in [9.17, 15) is 9.59 Å². The summed E-state index contributed by atoms with van der Waals surface area (Å²) in [6.45, 7) is 3.88. The van der Waals surface area contributed by atoms with Crippen LogP contribution in [0.3, 0.4) is 0 Å². The minimum Gasteiger partial charge on any atom is -0.338 e. The Kier molecular flexibility index (Phi) is 5.89. The normalized spacial score (nSPS) is 21.2. The highest BCUT2D eigenvalue weighted by Gasteiger charge is 2.28. The fourth-order valence-electron chi connectivity index (χ4n) is 3.70. The molecule has 0 spiro atoms. The molecule has 2 N–H and O–H groups in total. The molecule has 1 atom stereocenters. The zero-order valence-electron chi connectivity index (χ0n) is 15.0. The molecule has 136 valence electrons. The van der Waals surface area contributed by atoms with Gasteiger partial charge in [-0.15, -0.1) is 0 Å². The van der Waals surface area contributed by atoms with Crippen LogP contribution in [0, 0.1) is 12.8 Å². The SMILES string of the molecule is Cc1ccc(C(=O)N2CC[C@@H](NC(=O)NCC3CCCCC3)C2)cn1. The topological polar surface area (TPSA) is 74.3 Å². The zero-order valence-corrected chi connectivity index (χ0v) is 15.0. The van der Waals surface area contributed by atoms with Crippen molar-refractivity contribution >= 4 is 11.9 Å². The monoisotopic (exact) mass is 344 g/mol. The van der Waals surface area contributed by atoms with Crippen molar-refractivity contribution in [1.29, 1.82) is 0 Å². The van der Waals surface area contributed by atoms with E-state index in [1.165, 1.54) is 32.1 Å². The van der Waals surface area contributed by atoms with E-state index in [0.717, 1.165) is 18.7 Å². The molecular weight excluding hydrogens is 316 g/mol. The highest BCUT2D eigenvalue weighted by atomic mass is 16.2. The standard InChI is InChI=1S/C19H28N4O2/c1-14-7-8-16(12-20-14)18(24)23-10-9-17(13-23)22-19(25)21-11-15-5-3-2-4-6-15/h7-8,12,15,17H,2-6,9-11,13H2,1H3,(H2,21,22,25)/t17-/m1/s1. The third kappa shape index (κ3) is 4.94. The third-order valence-electron chi connectivity index (χ3n) is 5.25. The highest BCUT2D eigenvalue weighted by molar-refractivity contribution is 5.94. The van der Waals surface area contributed by atoms with Crippen molar-refractivity contribution in [1.82, 2.24) is 20.5 Å². The highest BCUT2D eigenvalue weighted by Crippen LogP contribution is 2.22. The lowest BCUT2D eigenvalue weighted by Gasteiger charge is -2.22. The summed E-state index contributed by atoms with van der Waals surface area (Å²) in [6, 6.07) is 3.57. The molecule has 1 aliphatic heterocycles. The number of amides is 3. The lowest BCUT2D eigenvalue weighted by molar-refractivity contribution is 0.0789. The first-order chi connectivity index (χ1) is 12.1. The first-order valence-electron chi connectivity index (χ1n) is 9.38. The van der Waals surface area contributed by atoms with E-state index < -0.39 is 0 Å². The molecule has 6 nitrogen and oxygen atoms in total. The van der Waals surface area contributed by atoms with Crippen molar-refractivity contribution in [3.8, 4) is 0 Å². The number of hydrogen-bond donors (Lipinski definition) is 2. The number of pyridine rings is 1. The molecular formula is C19H28N4O2. The molecule has 1 aliphatic carbocycles. The molecule has 1 saturated heterocycles. The first kappa shape index (κ1) is 17.7. The number of urea groups is 1. The maximum Gasteiger partial charge on any atom is 0.315 e. The number of hydrogen-bond acceptors (Lipinski definition) is 3. The average Bonchev–Trinajstić information content (AvgIpc) is 3.09. The Labute approximate surface area is 149 Å². The van der Waals surface area contributed by atoms with Crippen molar-refractivity contribution < 1.29 is 9.59 Å². The smallest absolute Gasteiger partial charge is 0.315 e. The molecule has 2 heterocycles. The first-order valence-corrected chi connectivity index (χ1v) is 9.38. The Bertz CT molecular complexity index is 596. The summed E-state index contributed by atoms with van der Waals surface area (Å²) in [5, 5.41) is 6.00. The number of likely N-dealkylation sites (tertiary alicyclic amines) is 1. The van der Waals surface area contributed by atoms with Crippen LogP contribution in [0.2, 0.25) is 0 Å². The number of rotatable bonds is 4. The van der Waals surface area contributed by atoms with Crippen LogP contribution in [0.15, 0.2) is 18.3 Å². The maximum atomic E-state index is 12.5. The van der Waals surface area contributed by atoms with E-state index in [4.69, 9.17) is 0 Å². The van der Waals surface area contributed by atoms with Crippen molar-refractivity contribution in [2.45, 2.75) is 51.5 Å². The Morgan fingerprint density at radius 1 is 1.20 bits per heavy atom. The van der Waals surface area contributed by atoms with E-state index in [2.05, 4.69) is 15.6 Å². The third-order valence-corrected chi connectivity index (χ3v) is 5.25. The second-order valence-electron chi connectivity index (χ2n) is 7.28. The summed E-state index contributed by atoms with van der Waals surface area (Å²) in [5.41, 5.74) is 1.50. The van der Waals surface area contributed by atoms with Gasteiger partial charge in [0.1, 0.15) is 0 Å². The van der Waals surface area contributed by atoms with Crippen molar-refractivity contribution in [2.24, 2.45) is 5.92 Å². The largest absolute Gasteiger partial charge is 0.338 e. The number of aromatic nitrogens is 1. The summed E-state index contributed by atoms with van der Waals surface area (Å²) in [7, 11) is 0. The Hall–Kier alpha value is -2.11. The number of nitrogens with zero attached hydrogens (tertiary/aromatic N) is 2. The molecule has 25 heavy (non-hydrogen) atoms. The maximum absolute atomic E-state index is 12.5. The van der Waals surface area contributed by atoms with Crippen LogP contribution in [0.25, 0.3) is 0 Å². The molecule has 3 rings (SSSR count). The fourth-order valence-corrected chi connectivity index (χ4v) is 3.70. The van der Waals surface area contributed by atoms with Gasteiger partial charge in [-0.25, -0.2) is 4.79 Å². The van der Waals surface area contributed by atoms with E-state index in [1.807, 2.05) is 19.1 Å². The van der Waals surface area contributed by atoms with Gasteiger partial charge in [0.2, 0.25) is 0 Å². The van der Waals surface area contributed by atoms with Gasteiger partial charge >= 0.3 is 6.03 Å². The van der Waals surface area contributed by atoms with Gasteiger partial charge in [0.05, 0.1) is 5.56 Å². The average molecular weight is 344 g/mol. The van der Waals surface area contributed by atoms with Gasteiger partial charge in [-0.05, 0) is 44.2 Å². The van der Waals surface area contributed by atoms with Crippen LogP contribution in [0.5, 0.6) is 0 Å². The van der Waals surface area contributed by atoms with Gasteiger partial charge in [-0.2, -0.15) is 0 Å². The van der Waals surface area contributed by atoms with Crippen LogP contribution in [-0.2, 0) is 0 Å². The lowest BCUT2D eigenvalue weighted by atomic mass is 9.89. The number of nitrogens with one attached hydrogen (secondary N) is 2. The zero-order chi connectivity index (χ0) is 17.6. The second kappa shape index (κ2) is 8.32. The van der Waals surface area contributed by atoms with Gasteiger partial charge in [0, 0.05) is 37.6 Å². The van der Waals surface area contributed by atoms with Crippen molar-refractivity contribution in [2.75, 3.05) is 19.6 Å². The quantitative estimate of drug-likeness (QED) is 0.881. The number of carbonyl (C=O) groups is 2. The fraction of sp³-hybridized carbons (Fsp3) is 0.632. The Morgan fingerprint density at radius 2 is 2.00 bits per heavy atom. The molecule has 1 saturated carbocycles. The van der Waals surface area contributed by atoms with E-state index >= 15 is 0 Å². The summed E-state index contributed by atoms with van der Waals surface area (Å²) in [4.78, 5) is 30.5. The van der Waals surface area contributed by atoms with Crippen LogP contribution < -0.4 is 10.6 Å². The van der Waals surface area contributed by atoms with Crippen LogP contribution in [-0.4, -0.2) is 47.5 Å². The molecule has 1 aromatic heterocycles. The van der Waals surface area contributed by atoms with Crippen LogP contribution in [0.1, 0.15) is 54.6 Å². The minimum atomic E-state index is -0.109. The van der Waals surface area contributed by atoms with Crippen LogP contribution >= 0.6 is 0 Å². The number of aryl methyl sites for hydroxylation is 1. The summed E-state index contributed by atoms with van der Waals surface area (Å²) in [6.07, 6.45) is 8.73. The molecule has 0 radical (unpaired) electrons. The second-order valence-corrected chi connectivity index (χ2v) is 7.28. The predicted molar refractivity (Wildman–Crippen MR) is 96.4 cm³/mol. The molecule has 3 amide bonds. The molecule has 0 unspecified atom stereocenters. The van der Waals surface area contributed by atoms with Gasteiger partial charge in [0.25, 0.3) is 5.91 Å². The van der Waals surface area contributed by atoms with Gasteiger partial charge in [-0.3, -0.25) is 9.78 Å².